The van der Waals surface area contributed by atoms with E-state index in [2.05, 4.69) is 4.99 Å². The molecule has 11 heavy (non-hydrogen) atoms. The molecule has 0 spiro atoms. The van der Waals surface area contributed by atoms with Gasteiger partial charge in [0.25, 0.3) is 0 Å². The Morgan fingerprint density at radius 2 is 2.64 bits per heavy atom. The zero-order valence-electron chi connectivity index (χ0n) is 6.36. The van der Waals surface area contributed by atoms with Gasteiger partial charge in [0, 0.05) is 18.6 Å². The van der Waals surface area contributed by atoms with E-state index in [1.165, 1.54) is 4.90 Å². The number of amides is 1. The largest absolute Gasteiger partial charge is 0.449 e. The molecule has 0 radical (unpaired) electrons. The lowest BCUT2D eigenvalue weighted by Gasteiger charge is -2.16. The van der Waals surface area contributed by atoms with Gasteiger partial charge in [-0.05, 0) is 6.92 Å². The minimum atomic E-state index is -0.324. The van der Waals surface area contributed by atoms with Crippen molar-refractivity contribution >= 4 is 12.3 Å². The summed E-state index contributed by atoms with van der Waals surface area (Å²) in [6.07, 6.45) is 4.48. The molecule has 0 fully saturated rings. The van der Waals surface area contributed by atoms with Crippen molar-refractivity contribution < 1.29 is 9.53 Å². The maximum atomic E-state index is 11.0. The van der Waals surface area contributed by atoms with Gasteiger partial charge in [-0.3, -0.25) is 9.89 Å². The summed E-state index contributed by atoms with van der Waals surface area (Å²) in [7, 11) is 0. The first-order chi connectivity index (χ1) is 5.34. The Hall–Kier alpha value is -1.32. The Balaban J connectivity index is 2.42. The highest BCUT2D eigenvalue weighted by molar-refractivity contribution is 5.75. The van der Waals surface area contributed by atoms with Crippen molar-refractivity contribution in [3.8, 4) is 0 Å². The van der Waals surface area contributed by atoms with Crippen LogP contribution in [-0.2, 0) is 4.74 Å². The first kappa shape index (κ1) is 7.78. The molecule has 0 aromatic heterocycles. The Kier molecular flexibility index (Phi) is 2.66. The molecule has 4 nitrogen and oxygen atoms in total. The average Bonchev–Trinajstić information content (AvgIpc) is 2.07. The van der Waals surface area contributed by atoms with Crippen molar-refractivity contribution in [3.05, 3.63) is 12.4 Å². The van der Waals surface area contributed by atoms with Crippen molar-refractivity contribution in [1.82, 2.24) is 4.90 Å². The lowest BCUT2D eigenvalue weighted by molar-refractivity contribution is 0.126. The van der Waals surface area contributed by atoms with Crippen LogP contribution in [0, 0.1) is 0 Å². The van der Waals surface area contributed by atoms with Gasteiger partial charge in [-0.2, -0.15) is 0 Å². The third-order valence-electron chi connectivity index (χ3n) is 1.22. The summed E-state index contributed by atoms with van der Waals surface area (Å²) in [5.41, 5.74) is 0. The lowest BCUT2D eigenvalue weighted by atomic mass is 10.5. The molecule has 0 saturated carbocycles. The maximum absolute atomic E-state index is 11.0. The van der Waals surface area contributed by atoms with Crippen molar-refractivity contribution in [2.45, 2.75) is 6.92 Å². The number of ether oxygens (including phenoxy) is 1. The second kappa shape index (κ2) is 3.75. The van der Waals surface area contributed by atoms with Gasteiger partial charge in [0.05, 0.1) is 13.2 Å². The highest BCUT2D eigenvalue weighted by Crippen LogP contribution is 1.97. The highest BCUT2D eigenvalue weighted by atomic mass is 16.6. The summed E-state index contributed by atoms with van der Waals surface area (Å²) in [5, 5.41) is 0. The normalized spacial score (nSPS) is 15.2. The molecule has 1 aliphatic rings. The number of carbonyl (C=O) groups excluding carboxylic acids is 1. The van der Waals surface area contributed by atoms with Crippen LogP contribution in [0.5, 0.6) is 0 Å². The van der Waals surface area contributed by atoms with Crippen molar-refractivity contribution in [2.24, 2.45) is 4.99 Å². The summed E-state index contributed by atoms with van der Waals surface area (Å²) < 4.78 is 4.76. The molecule has 0 aromatic carbocycles. The molecule has 1 aliphatic heterocycles. The van der Waals surface area contributed by atoms with Crippen LogP contribution in [-0.4, -0.2) is 30.4 Å². The number of carbonyl (C=O) groups is 1. The van der Waals surface area contributed by atoms with E-state index in [4.69, 9.17) is 4.74 Å². The highest BCUT2D eigenvalue weighted by Gasteiger charge is 2.10. The molecule has 0 saturated heterocycles. The Morgan fingerprint density at radius 1 is 1.82 bits per heavy atom. The van der Waals surface area contributed by atoms with E-state index < -0.39 is 0 Å². The Labute approximate surface area is 65.2 Å². The predicted octanol–water partition coefficient (Wildman–Crippen LogP) is 1.00. The summed E-state index contributed by atoms with van der Waals surface area (Å²) >= 11 is 0. The smallest absolute Gasteiger partial charge is 0.414 e. The van der Waals surface area contributed by atoms with Gasteiger partial charge in [-0.25, -0.2) is 4.79 Å². The fraction of sp³-hybridized carbons (Fsp3) is 0.429. The average molecular weight is 154 g/mol. The summed E-state index contributed by atoms with van der Waals surface area (Å²) in [6.45, 7) is 2.68. The molecule has 60 valence electrons. The molecule has 1 amide bonds. The summed E-state index contributed by atoms with van der Waals surface area (Å²) in [6, 6.07) is 0. The van der Waals surface area contributed by atoms with E-state index in [9.17, 15) is 4.79 Å². The van der Waals surface area contributed by atoms with Gasteiger partial charge in [0.15, 0.2) is 0 Å². The lowest BCUT2D eigenvalue weighted by Crippen LogP contribution is -2.29. The maximum Gasteiger partial charge on any atom is 0.414 e. The minimum absolute atomic E-state index is 0.324. The number of hydrogen-bond donors (Lipinski definition) is 0. The van der Waals surface area contributed by atoms with Crippen LogP contribution in [0.25, 0.3) is 0 Å². The van der Waals surface area contributed by atoms with Crippen LogP contribution in [0.4, 0.5) is 4.79 Å². The van der Waals surface area contributed by atoms with Crippen molar-refractivity contribution in [1.29, 1.82) is 0 Å². The van der Waals surface area contributed by atoms with Gasteiger partial charge < -0.3 is 4.74 Å². The van der Waals surface area contributed by atoms with E-state index in [1.807, 2.05) is 0 Å². The van der Waals surface area contributed by atoms with Crippen molar-refractivity contribution in [2.75, 3.05) is 13.2 Å². The van der Waals surface area contributed by atoms with Crippen LogP contribution in [0.1, 0.15) is 6.92 Å². The summed E-state index contributed by atoms with van der Waals surface area (Å²) in [5.74, 6) is 0. The van der Waals surface area contributed by atoms with Gasteiger partial charge in [-0.15, -0.1) is 0 Å². The van der Waals surface area contributed by atoms with Gasteiger partial charge >= 0.3 is 6.09 Å². The van der Waals surface area contributed by atoms with E-state index in [-0.39, 0.29) is 6.09 Å². The topological polar surface area (TPSA) is 41.9 Å². The van der Waals surface area contributed by atoms with E-state index in [0.29, 0.717) is 13.2 Å². The second-order valence-corrected chi connectivity index (χ2v) is 1.98. The van der Waals surface area contributed by atoms with Crippen LogP contribution >= 0.6 is 0 Å². The zero-order chi connectivity index (χ0) is 8.10. The van der Waals surface area contributed by atoms with Crippen LogP contribution in [0.3, 0.4) is 0 Å². The molecule has 0 aromatic rings. The zero-order valence-corrected chi connectivity index (χ0v) is 6.36. The first-order valence-corrected chi connectivity index (χ1v) is 3.46. The van der Waals surface area contributed by atoms with Crippen LogP contribution in [0.2, 0.25) is 0 Å². The fourth-order valence-electron chi connectivity index (χ4n) is 0.718. The molecular weight excluding hydrogens is 144 g/mol. The monoisotopic (exact) mass is 154 g/mol. The number of nitrogens with zero attached hydrogens (tertiary/aromatic N) is 2. The third-order valence-corrected chi connectivity index (χ3v) is 1.22. The minimum Gasteiger partial charge on any atom is -0.449 e. The number of aliphatic imine (C=N–C) groups is 1. The predicted molar refractivity (Wildman–Crippen MR) is 41.4 cm³/mol. The molecule has 1 rings (SSSR count). The molecule has 0 unspecified atom stereocenters. The van der Waals surface area contributed by atoms with Crippen LogP contribution in [0.15, 0.2) is 17.4 Å². The molecule has 0 aliphatic carbocycles. The van der Waals surface area contributed by atoms with Crippen molar-refractivity contribution in [3.63, 3.8) is 0 Å². The quantitative estimate of drug-likeness (QED) is 0.565. The number of rotatable bonds is 1. The Morgan fingerprint density at radius 3 is 3.18 bits per heavy atom. The van der Waals surface area contributed by atoms with E-state index in [0.717, 1.165) is 0 Å². The second-order valence-electron chi connectivity index (χ2n) is 1.98. The third kappa shape index (κ3) is 2.07. The SMILES string of the molecule is CCOC(=O)N1C=CN=CC1. The molecule has 4 heteroatoms. The fourth-order valence-corrected chi connectivity index (χ4v) is 0.718. The van der Waals surface area contributed by atoms with Gasteiger partial charge in [0.1, 0.15) is 0 Å². The standard InChI is InChI=1S/C7H10N2O2/c1-2-11-7(10)9-5-3-8-4-6-9/h3-5H,2,6H2,1H3. The summed E-state index contributed by atoms with van der Waals surface area (Å²) in [4.78, 5) is 16.3. The van der Waals surface area contributed by atoms with E-state index in [1.54, 1.807) is 25.5 Å². The number of hydrogen-bond acceptors (Lipinski definition) is 3. The molecule has 1 heterocycles. The van der Waals surface area contributed by atoms with E-state index >= 15 is 0 Å². The first-order valence-electron chi connectivity index (χ1n) is 3.46. The van der Waals surface area contributed by atoms with Crippen LogP contribution < -0.4 is 0 Å². The Bertz CT molecular complexity index is 199. The van der Waals surface area contributed by atoms with Gasteiger partial charge in [0.2, 0.25) is 0 Å². The molecular formula is C7H10N2O2. The molecule has 0 N–H and O–H groups in total. The van der Waals surface area contributed by atoms with Gasteiger partial charge in [-0.1, -0.05) is 0 Å². The molecule has 0 atom stereocenters. The molecule has 0 bridgehead atoms.